The Labute approximate surface area is 236 Å². The molecule has 3 saturated heterocycles. The van der Waals surface area contributed by atoms with Crippen LogP contribution in [0, 0.1) is 0 Å². The molecule has 0 amide bonds. The van der Waals surface area contributed by atoms with Crippen LogP contribution in [0.1, 0.15) is 118 Å². The molecule has 3 rings (SSSR count). The van der Waals surface area contributed by atoms with E-state index in [2.05, 4.69) is 19.1 Å². The zero-order valence-electron chi connectivity index (χ0n) is 25.3. The summed E-state index contributed by atoms with van der Waals surface area (Å²) in [7, 11) is 1.44. The van der Waals surface area contributed by atoms with E-state index in [0.29, 0.717) is 13.0 Å². The molecule has 6 atom stereocenters. The summed E-state index contributed by atoms with van der Waals surface area (Å²) in [5.41, 5.74) is 0. The fraction of sp³-hybridized carbons (Fsp3) is 0.903. The number of unbranched alkanes of at least 4 members (excludes halogenated alkanes) is 9. The number of hydrogen-bond donors (Lipinski definition) is 0. The third-order valence-corrected chi connectivity index (χ3v) is 7.67. The van der Waals surface area contributed by atoms with Crippen LogP contribution < -0.4 is 0 Å². The lowest BCUT2D eigenvalue weighted by Gasteiger charge is -2.28. The first kappa shape index (κ1) is 32.5. The number of ether oxygens (including phenoxy) is 7. The average Bonchev–Trinajstić information content (AvgIpc) is 3.51. The first-order valence-electron chi connectivity index (χ1n) is 15.4. The standard InChI is InChI=1S/C31H54O8/c1-7-8-9-10-11-12-13-16-19-23(20-17-14-15-18-21-25(32)33-6)35-29-28-27(38-31(4,5)39-28)26(36-29)24-22-34-30(2,3)37-24/h16,19,23-24,26-29H,7-15,17-18,20-22H2,1-6H3/b19-16+/t23?,24-,26-,27+,28+,29+/m1/s1. The number of carbonyl (C=O) groups is 1. The van der Waals surface area contributed by atoms with E-state index in [4.69, 9.17) is 33.2 Å². The molecule has 0 N–H and O–H groups in total. The normalized spacial score (nSPS) is 30.2. The molecule has 3 fully saturated rings. The second kappa shape index (κ2) is 15.8. The lowest BCUT2D eigenvalue weighted by molar-refractivity contribution is -0.253. The number of rotatable bonds is 18. The van der Waals surface area contributed by atoms with E-state index in [1.54, 1.807) is 0 Å². The largest absolute Gasteiger partial charge is 0.469 e. The maximum Gasteiger partial charge on any atom is 0.305 e. The molecule has 0 aromatic heterocycles. The second-order valence-electron chi connectivity index (χ2n) is 12.1. The molecular weight excluding hydrogens is 500 g/mol. The summed E-state index contributed by atoms with van der Waals surface area (Å²) >= 11 is 0. The first-order valence-corrected chi connectivity index (χ1v) is 15.4. The van der Waals surface area contributed by atoms with E-state index in [1.165, 1.54) is 45.6 Å². The molecule has 0 saturated carbocycles. The number of allylic oxidation sites excluding steroid dienone is 1. The van der Waals surface area contributed by atoms with Gasteiger partial charge in [0.15, 0.2) is 17.9 Å². The smallest absolute Gasteiger partial charge is 0.305 e. The highest BCUT2D eigenvalue weighted by molar-refractivity contribution is 5.68. The summed E-state index contributed by atoms with van der Waals surface area (Å²) in [5, 5.41) is 0. The van der Waals surface area contributed by atoms with Crippen molar-refractivity contribution in [2.45, 2.75) is 166 Å². The molecule has 0 aromatic carbocycles. The molecule has 226 valence electrons. The van der Waals surface area contributed by atoms with Crippen LogP contribution in [0.25, 0.3) is 0 Å². The first-order chi connectivity index (χ1) is 18.6. The van der Waals surface area contributed by atoms with E-state index < -0.39 is 17.9 Å². The molecule has 3 aliphatic heterocycles. The summed E-state index contributed by atoms with van der Waals surface area (Å²) in [4.78, 5) is 11.4. The van der Waals surface area contributed by atoms with Crippen molar-refractivity contribution in [3.63, 3.8) is 0 Å². The van der Waals surface area contributed by atoms with Gasteiger partial charge in [0, 0.05) is 6.42 Å². The van der Waals surface area contributed by atoms with Crippen molar-refractivity contribution < 1.29 is 38.0 Å². The van der Waals surface area contributed by atoms with Crippen LogP contribution in [0.4, 0.5) is 0 Å². The SMILES string of the molecule is CCCCCCCC/C=C/C(CCCCCCC(=O)OC)O[C@H]1O[C@H]([C@H]2COC(C)(C)O2)[C@@H]2OC(C)(C)O[C@H]12. The lowest BCUT2D eigenvalue weighted by Crippen LogP contribution is -2.40. The molecule has 0 spiro atoms. The van der Waals surface area contributed by atoms with Crippen molar-refractivity contribution in [2.75, 3.05) is 13.7 Å². The van der Waals surface area contributed by atoms with Gasteiger partial charge >= 0.3 is 5.97 Å². The van der Waals surface area contributed by atoms with Crippen LogP contribution in [0.5, 0.6) is 0 Å². The molecule has 8 nitrogen and oxygen atoms in total. The minimum absolute atomic E-state index is 0.0837. The Hall–Kier alpha value is -1.03. The van der Waals surface area contributed by atoms with Crippen molar-refractivity contribution in [1.82, 2.24) is 0 Å². The van der Waals surface area contributed by atoms with E-state index in [0.717, 1.165) is 38.5 Å². The summed E-state index contributed by atoms with van der Waals surface area (Å²) in [6, 6.07) is 0. The highest BCUT2D eigenvalue weighted by atomic mass is 16.8. The van der Waals surface area contributed by atoms with Gasteiger partial charge < -0.3 is 33.2 Å². The van der Waals surface area contributed by atoms with Crippen molar-refractivity contribution in [1.29, 1.82) is 0 Å². The van der Waals surface area contributed by atoms with Gasteiger partial charge in [0.05, 0.1) is 19.8 Å². The average molecular weight is 555 g/mol. The molecule has 0 radical (unpaired) electrons. The van der Waals surface area contributed by atoms with Gasteiger partial charge in [-0.05, 0) is 53.4 Å². The molecule has 0 bridgehead atoms. The van der Waals surface area contributed by atoms with Crippen molar-refractivity contribution >= 4 is 5.97 Å². The lowest BCUT2D eigenvalue weighted by atomic mass is 10.1. The Kier molecular flexibility index (Phi) is 13.2. The fourth-order valence-electron chi connectivity index (χ4n) is 5.62. The van der Waals surface area contributed by atoms with Gasteiger partial charge in [0.25, 0.3) is 0 Å². The van der Waals surface area contributed by atoms with Gasteiger partial charge in [0.1, 0.15) is 24.4 Å². The van der Waals surface area contributed by atoms with Gasteiger partial charge in [0.2, 0.25) is 0 Å². The third kappa shape index (κ3) is 10.7. The van der Waals surface area contributed by atoms with Gasteiger partial charge in [-0.15, -0.1) is 0 Å². The highest BCUT2D eigenvalue weighted by Crippen LogP contribution is 2.43. The van der Waals surface area contributed by atoms with E-state index >= 15 is 0 Å². The van der Waals surface area contributed by atoms with Crippen LogP contribution in [0.2, 0.25) is 0 Å². The number of esters is 1. The van der Waals surface area contributed by atoms with Crippen LogP contribution in [-0.4, -0.2) is 68.1 Å². The van der Waals surface area contributed by atoms with E-state index in [-0.39, 0.29) is 36.5 Å². The molecule has 39 heavy (non-hydrogen) atoms. The highest BCUT2D eigenvalue weighted by Gasteiger charge is 2.59. The summed E-state index contributed by atoms with van der Waals surface area (Å²) in [5.74, 6) is -1.50. The molecule has 0 aromatic rings. The molecule has 8 heteroatoms. The number of carbonyl (C=O) groups excluding carboxylic acids is 1. The molecule has 3 aliphatic rings. The Morgan fingerprint density at radius 2 is 1.56 bits per heavy atom. The monoisotopic (exact) mass is 554 g/mol. The van der Waals surface area contributed by atoms with Gasteiger partial charge in [-0.2, -0.15) is 0 Å². The number of hydrogen-bond acceptors (Lipinski definition) is 8. The number of methoxy groups -OCH3 is 1. The molecule has 0 aliphatic carbocycles. The van der Waals surface area contributed by atoms with Gasteiger partial charge in [-0.3, -0.25) is 4.79 Å². The van der Waals surface area contributed by atoms with E-state index in [1.807, 2.05) is 27.7 Å². The summed E-state index contributed by atoms with van der Waals surface area (Å²) in [6.45, 7) is 10.4. The Morgan fingerprint density at radius 1 is 0.872 bits per heavy atom. The Morgan fingerprint density at radius 3 is 2.28 bits per heavy atom. The summed E-state index contributed by atoms with van der Waals surface area (Å²) in [6.07, 6.45) is 16.7. The molecule has 1 unspecified atom stereocenters. The molecule has 3 heterocycles. The topological polar surface area (TPSA) is 81.7 Å². The van der Waals surface area contributed by atoms with Crippen molar-refractivity contribution in [3.8, 4) is 0 Å². The van der Waals surface area contributed by atoms with Gasteiger partial charge in [-0.25, -0.2) is 0 Å². The van der Waals surface area contributed by atoms with Gasteiger partial charge in [-0.1, -0.05) is 70.4 Å². The quantitative estimate of drug-likeness (QED) is 0.107. The van der Waals surface area contributed by atoms with Crippen molar-refractivity contribution in [3.05, 3.63) is 12.2 Å². The predicted molar refractivity (Wildman–Crippen MR) is 149 cm³/mol. The second-order valence-corrected chi connectivity index (χ2v) is 12.1. The zero-order chi connectivity index (χ0) is 28.3. The third-order valence-electron chi connectivity index (χ3n) is 7.67. The van der Waals surface area contributed by atoms with Crippen LogP contribution in [-0.2, 0) is 38.0 Å². The van der Waals surface area contributed by atoms with Crippen LogP contribution in [0.3, 0.4) is 0 Å². The molecular formula is C31H54O8. The minimum Gasteiger partial charge on any atom is -0.469 e. The Balaban J connectivity index is 1.56. The van der Waals surface area contributed by atoms with Crippen LogP contribution in [0.15, 0.2) is 12.2 Å². The Bertz CT molecular complexity index is 751. The fourth-order valence-corrected chi connectivity index (χ4v) is 5.62. The van der Waals surface area contributed by atoms with Crippen LogP contribution >= 0.6 is 0 Å². The predicted octanol–water partition coefficient (Wildman–Crippen LogP) is 6.59. The zero-order valence-corrected chi connectivity index (χ0v) is 25.3. The van der Waals surface area contributed by atoms with Crippen molar-refractivity contribution in [2.24, 2.45) is 0 Å². The minimum atomic E-state index is -0.712. The summed E-state index contributed by atoms with van der Waals surface area (Å²) < 4.78 is 42.3. The number of fused-ring (bicyclic) bond motifs is 1. The maximum atomic E-state index is 11.4. The van der Waals surface area contributed by atoms with E-state index in [9.17, 15) is 4.79 Å². The maximum absolute atomic E-state index is 11.4.